The van der Waals surface area contributed by atoms with Crippen molar-refractivity contribution >= 4 is 17.5 Å². The van der Waals surface area contributed by atoms with E-state index in [1.807, 2.05) is 11.8 Å². The number of nitro groups is 1. The SMILES string of the molecule is CCOC1CCCN(c2nc(N)nc(C)c2[N+](=O)[O-])C1. The van der Waals surface area contributed by atoms with Crippen molar-refractivity contribution in [2.24, 2.45) is 0 Å². The average molecular weight is 281 g/mol. The van der Waals surface area contributed by atoms with Gasteiger partial charge in [-0.1, -0.05) is 0 Å². The third-order valence-corrected chi connectivity index (χ3v) is 3.32. The van der Waals surface area contributed by atoms with Crippen molar-refractivity contribution < 1.29 is 9.66 Å². The Morgan fingerprint density at radius 2 is 2.30 bits per heavy atom. The average Bonchev–Trinajstić information content (AvgIpc) is 2.38. The lowest BCUT2D eigenvalue weighted by atomic mass is 10.1. The Labute approximate surface area is 117 Å². The van der Waals surface area contributed by atoms with E-state index in [9.17, 15) is 10.1 Å². The van der Waals surface area contributed by atoms with Crippen LogP contribution < -0.4 is 10.6 Å². The molecule has 1 unspecified atom stereocenters. The number of anilines is 2. The molecular formula is C12H19N5O3. The van der Waals surface area contributed by atoms with Gasteiger partial charge in [0, 0.05) is 19.7 Å². The third-order valence-electron chi connectivity index (χ3n) is 3.32. The first-order valence-electron chi connectivity index (χ1n) is 6.68. The van der Waals surface area contributed by atoms with Gasteiger partial charge < -0.3 is 15.4 Å². The topological polar surface area (TPSA) is 107 Å². The molecule has 1 aromatic rings. The molecule has 110 valence electrons. The number of nitrogens with two attached hydrogens (primary N) is 1. The summed E-state index contributed by atoms with van der Waals surface area (Å²) in [5, 5.41) is 11.2. The number of aryl methyl sites for hydroxylation is 1. The number of nitrogen functional groups attached to an aromatic ring is 1. The summed E-state index contributed by atoms with van der Waals surface area (Å²) in [6, 6.07) is 0. The van der Waals surface area contributed by atoms with E-state index in [0.717, 1.165) is 12.8 Å². The zero-order valence-electron chi connectivity index (χ0n) is 11.7. The van der Waals surface area contributed by atoms with Gasteiger partial charge in [0.2, 0.25) is 11.8 Å². The second-order valence-electron chi connectivity index (χ2n) is 4.76. The molecule has 1 aliphatic heterocycles. The summed E-state index contributed by atoms with van der Waals surface area (Å²) in [5.74, 6) is 0.353. The lowest BCUT2D eigenvalue weighted by Crippen LogP contribution is -2.40. The zero-order chi connectivity index (χ0) is 14.7. The fourth-order valence-electron chi connectivity index (χ4n) is 2.51. The molecule has 1 aromatic heterocycles. The van der Waals surface area contributed by atoms with E-state index >= 15 is 0 Å². The van der Waals surface area contributed by atoms with Gasteiger partial charge >= 0.3 is 5.69 Å². The molecule has 1 aliphatic rings. The van der Waals surface area contributed by atoms with Crippen molar-refractivity contribution in [2.45, 2.75) is 32.8 Å². The van der Waals surface area contributed by atoms with Crippen LogP contribution in [0, 0.1) is 17.0 Å². The van der Waals surface area contributed by atoms with Crippen molar-refractivity contribution in [1.29, 1.82) is 0 Å². The van der Waals surface area contributed by atoms with Crippen molar-refractivity contribution in [1.82, 2.24) is 9.97 Å². The molecule has 2 rings (SSSR count). The van der Waals surface area contributed by atoms with Crippen molar-refractivity contribution in [3.63, 3.8) is 0 Å². The number of nitrogens with zero attached hydrogens (tertiary/aromatic N) is 4. The largest absolute Gasteiger partial charge is 0.377 e. The fraction of sp³-hybridized carbons (Fsp3) is 0.667. The summed E-state index contributed by atoms with van der Waals surface area (Å²) in [7, 11) is 0. The highest BCUT2D eigenvalue weighted by Gasteiger charge is 2.29. The van der Waals surface area contributed by atoms with Crippen LogP contribution in [0.25, 0.3) is 0 Å². The van der Waals surface area contributed by atoms with Gasteiger partial charge in [-0.05, 0) is 26.7 Å². The normalized spacial score (nSPS) is 19.1. The molecule has 2 heterocycles. The third kappa shape index (κ3) is 2.96. The minimum atomic E-state index is -0.450. The summed E-state index contributed by atoms with van der Waals surface area (Å²) in [4.78, 5) is 20.6. The molecule has 0 spiro atoms. The maximum Gasteiger partial charge on any atom is 0.332 e. The Kier molecular flexibility index (Phi) is 4.33. The van der Waals surface area contributed by atoms with Crippen LogP contribution in [0.15, 0.2) is 0 Å². The molecule has 0 radical (unpaired) electrons. The Balaban J connectivity index is 2.33. The molecule has 2 N–H and O–H groups in total. The summed E-state index contributed by atoms with van der Waals surface area (Å²) >= 11 is 0. The monoisotopic (exact) mass is 281 g/mol. The first-order chi connectivity index (χ1) is 9.52. The van der Waals surface area contributed by atoms with Gasteiger partial charge in [-0.15, -0.1) is 0 Å². The Morgan fingerprint density at radius 1 is 1.55 bits per heavy atom. The summed E-state index contributed by atoms with van der Waals surface area (Å²) in [5.41, 5.74) is 5.84. The van der Waals surface area contributed by atoms with Gasteiger partial charge in [0.25, 0.3) is 0 Å². The zero-order valence-corrected chi connectivity index (χ0v) is 11.7. The molecule has 0 aromatic carbocycles. The number of hydrogen-bond donors (Lipinski definition) is 1. The molecule has 0 amide bonds. The highest BCUT2D eigenvalue weighted by atomic mass is 16.6. The van der Waals surface area contributed by atoms with E-state index in [2.05, 4.69) is 9.97 Å². The predicted octanol–water partition coefficient (Wildman–Crippen LogP) is 1.28. The van der Waals surface area contributed by atoms with Gasteiger partial charge in [0.05, 0.1) is 11.0 Å². The molecule has 1 fully saturated rings. The predicted molar refractivity (Wildman–Crippen MR) is 74.7 cm³/mol. The van der Waals surface area contributed by atoms with Crippen LogP contribution in [0.4, 0.5) is 17.5 Å². The first-order valence-corrected chi connectivity index (χ1v) is 6.68. The van der Waals surface area contributed by atoms with Crippen LogP contribution in [-0.2, 0) is 4.74 Å². The number of aromatic nitrogens is 2. The van der Waals surface area contributed by atoms with Gasteiger partial charge in [-0.25, -0.2) is 4.98 Å². The lowest BCUT2D eigenvalue weighted by Gasteiger charge is -2.33. The van der Waals surface area contributed by atoms with Crippen LogP contribution in [-0.4, -0.2) is 40.7 Å². The Hall–Kier alpha value is -1.96. The smallest absolute Gasteiger partial charge is 0.332 e. The molecular weight excluding hydrogens is 262 g/mol. The maximum atomic E-state index is 11.2. The van der Waals surface area contributed by atoms with E-state index in [1.165, 1.54) is 0 Å². The van der Waals surface area contributed by atoms with Gasteiger partial charge in [0.1, 0.15) is 5.69 Å². The molecule has 0 bridgehead atoms. The molecule has 0 aliphatic carbocycles. The van der Waals surface area contributed by atoms with E-state index in [1.54, 1.807) is 6.92 Å². The Morgan fingerprint density at radius 3 is 2.95 bits per heavy atom. The van der Waals surface area contributed by atoms with Crippen molar-refractivity contribution in [3.05, 3.63) is 15.8 Å². The summed E-state index contributed by atoms with van der Waals surface area (Å²) in [6.07, 6.45) is 1.94. The molecule has 8 heteroatoms. The first kappa shape index (κ1) is 14.4. The second-order valence-corrected chi connectivity index (χ2v) is 4.76. The lowest BCUT2D eigenvalue weighted by molar-refractivity contribution is -0.385. The van der Waals surface area contributed by atoms with Crippen LogP contribution >= 0.6 is 0 Å². The van der Waals surface area contributed by atoms with Gasteiger partial charge in [0.15, 0.2) is 0 Å². The van der Waals surface area contributed by atoms with E-state index in [4.69, 9.17) is 10.5 Å². The quantitative estimate of drug-likeness (QED) is 0.654. The van der Waals surface area contributed by atoms with Crippen molar-refractivity contribution in [2.75, 3.05) is 30.3 Å². The van der Waals surface area contributed by atoms with Crippen molar-refractivity contribution in [3.8, 4) is 0 Å². The maximum absolute atomic E-state index is 11.2. The molecule has 1 atom stereocenters. The van der Waals surface area contributed by atoms with Crippen LogP contribution in [0.2, 0.25) is 0 Å². The summed E-state index contributed by atoms with van der Waals surface area (Å²) < 4.78 is 5.61. The van der Waals surface area contributed by atoms with Crippen LogP contribution in [0.5, 0.6) is 0 Å². The highest BCUT2D eigenvalue weighted by Crippen LogP contribution is 2.31. The number of hydrogen-bond acceptors (Lipinski definition) is 7. The second kappa shape index (κ2) is 6.00. The number of rotatable bonds is 4. The van der Waals surface area contributed by atoms with E-state index in [0.29, 0.717) is 25.5 Å². The molecule has 0 saturated carbocycles. The molecule has 1 saturated heterocycles. The molecule has 8 nitrogen and oxygen atoms in total. The number of ether oxygens (including phenoxy) is 1. The molecule has 20 heavy (non-hydrogen) atoms. The minimum Gasteiger partial charge on any atom is -0.377 e. The standard InChI is InChI=1S/C12H19N5O3/c1-3-20-9-5-4-6-16(7-9)11-10(17(18)19)8(2)14-12(13)15-11/h9H,3-7H2,1-2H3,(H2,13,14,15). The van der Waals surface area contributed by atoms with E-state index in [-0.39, 0.29) is 23.4 Å². The highest BCUT2D eigenvalue weighted by molar-refractivity contribution is 5.62. The van der Waals surface area contributed by atoms with Crippen LogP contribution in [0.1, 0.15) is 25.5 Å². The summed E-state index contributed by atoms with van der Waals surface area (Å²) in [6.45, 7) is 5.44. The van der Waals surface area contributed by atoms with Gasteiger partial charge in [-0.3, -0.25) is 10.1 Å². The fourth-order valence-corrected chi connectivity index (χ4v) is 2.51. The van der Waals surface area contributed by atoms with Gasteiger partial charge in [-0.2, -0.15) is 4.98 Å². The number of piperidine rings is 1. The minimum absolute atomic E-state index is 0.0571. The van der Waals surface area contributed by atoms with Crippen LogP contribution in [0.3, 0.4) is 0 Å². The van der Waals surface area contributed by atoms with E-state index < -0.39 is 4.92 Å². The Bertz CT molecular complexity index is 506.